The number of anilines is 2. The summed E-state index contributed by atoms with van der Waals surface area (Å²) in [5.41, 5.74) is 10.4. The number of nitrogens with one attached hydrogen (secondary N) is 1. The van der Waals surface area contributed by atoms with E-state index in [4.69, 9.17) is 5.73 Å². The molecule has 0 fully saturated rings. The molecule has 4 heteroatoms. The normalized spacial score (nSPS) is 13.6. The van der Waals surface area contributed by atoms with Gasteiger partial charge in [-0.1, -0.05) is 6.07 Å². The SMILES string of the molecule is CNC(=O)CCN1CCc2cc(C)c(N)cc21. The number of fused-ring (bicyclic) bond motifs is 1. The van der Waals surface area contributed by atoms with E-state index in [0.29, 0.717) is 6.42 Å². The molecule has 0 spiro atoms. The summed E-state index contributed by atoms with van der Waals surface area (Å²) in [5, 5.41) is 2.64. The zero-order valence-corrected chi connectivity index (χ0v) is 10.4. The number of nitrogens with zero attached hydrogens (tertiary/aromatic N) is 1. The fourth-order valence-corrected chi connectivity index (χ4v) is 2.24. The van der Waals surface area contributed by atoms with Crippen LogP contribution in [0.4, 0.5) is 11.4 Å². The number of carbonyl (C=O) groups excluding carboxylic acids is 1. The zero-order valence-electron chi connectivity index (χ0n) is 10.4. The Balaban J connectivity index is 2.11. The third kappa shape index (κ3) is 2.35. The minimum atomic E-state index is 0.0820. The second-order valence-corrected chi connectivity index (χ2v) is 4.50. The average Bonchev–Trinajstić information content (AvgIpc) is 2.69. The number of carbonyl (C=O) groups is 1. The lowest BCUT2D eigenvalue weighted by Gasteiger charge is -2.19. The van der Waals surface area contributed by atoms with Crippen LogP contribution in [0.1, 0.15) is 17.5 Å². The second kappa shape index (κ2) is 4.65. The van der Waals surface area contributed by atoms with Gasteiger partial charge in [-0.25, -0.2) is 0 Å². The number of amides is 1. The number of benzene rings is 1. The predicted octanol–water partition coefficient (Wildman–Crippen LogP) is 1.08. The summed E-state index contributed by atoms with van der Waals surface area (Å²) in [5.74, 6) is 0.0820. The molecule has 4 nitrogen and oxygen atoms in total. The molecule has 1 aliphatic rings. The molecule has 0 aromatic heterocycles. The molecular formula is C13H19N3O. The Hall–Kier alpha value is -1.71. The summed E-state index contributed by atoms with van der Waals surface area (Å²) in [6.07, 6.45) is 1.58. The van der Waals surface area contributed by atoms with Gasteiger partial charge in [0.15, 0.2) is 0 Å². The molecule has 1 heterocycles. The van der Waals surface area contributed by atoms with E-state index in [1.807, 2.05) is 13.0 Å². The molecule has 92 valence electrons. The van der Waals surface area contributed by atoms with Crippen LogP contribution in [-0.2, 0) is 11.2 Å². The van der Waals surface area contributed by atoms with E-state index < -0.39 is 0 Å². The molecule has 0 saturated heterocycles. The fourth-order valence-electron chi connectivity index (χ4n) is 2.24. The van der Waals surface area contributed by atoms with Crippen LogP contribution in [0.3, 0.4) is 0 Å². The number of rotatable bonds is 3. The van der Waals surface area contributed by atoms with Crippen molar-refractivity contribution < 1.29 is 4.79 Å². The van der Waals surface area contributed by atoms with E-state index in [0.717, 1.165) is 30.8 Å². The van der Waals surface area contributed by atoms with Crippen LogP contribution in [0.2, 0.25) is 0 Å². The highest BCUT2D eigenvalue weighted by atomic mass is 16.1. The number of nitrogens with two attached hydrogens (primary N) is 1. The first-order chi connectivity index (χ1) is 8.11. The molecule has 1 amide bonds. The van der Waals surface area contributed by atoms with Crippen molar-refractivity contribution in [3.63, 3.8) is 0 Å². The number of hydrogen-bond donors (Lipinski definition) is 2. The van der Waals surface area contributed by atoms with Crippen LogP contribution in [0, 0.1) is 6.92 Å². The maximum Gasteiger partial charge on any atom is 0.221 e. The van der Waals surface area contributed by atoms with Gasteiger partial charge >= 0.3 is 0 Å². The zero-order chi connectivity index (χ0) is 12.4. The van der Waals surface area contributed by atoms with Crippen LogP contribution in [0.5, 0.6) is 0 Å². The lowest BCUT2D eigenvalue weighted by molar-refractivity contribution is -0.120. The van der Waals surface area contributed by atoms with Crippen molar-refractivity contribution in [3.05, 3.63) is 23.3 Å². The van der Waals surface area contributed by atoms with E-state index in [2.05, 4.69) is 16.3 Å². The Kier molecular flexibility index (Phi) is 3.22. The highest BCUT2D eigenvalue weighted by Gasteiger charge is 2.20. The smallest absolute Gasteiger partial charge is 0.221 e. The summed E-state index contributed by atoms with van der Waals surface area (Å²) < 4.78 is 0. The van der Waals surface area contributed by atoms with Crippen LogP contribution >= 0.6 is 0 Å². The summed E-state index contributed by atoms with van der Waals surface area (Å²) in [6.45, 7) is 3.77. The molecule has 1 aromatic carbocycles. The van der Waals surface area contributed by atoms with Crippen molar-refractivity contribution >= 4 is 17.3 Å². The molecule has 0 unspecified atom stereocenters. The third-order valence-corrected chi connectivity index (χ3v) is 3.35. The van der Waals surface area contributed by atoms with Gasteiger partial charge < -0.3 is 16.0 Å². The molecule has 0 atom stereocenters. The summed E-state index contributed by atoms with van der Waals surface area (Å²) in [4.78, 5) is 13.5. The molecular weight excluding hydrogens is 214 g/mol. The van der Waals surface area contributed by atoms with Crippen molar-refractivity contribution in [1.82, 2.24) is 5.32 Å². The van der Waals surface area contributed by atoms with E-state index >= 15 is 0 Å². The Labute approximate surface area is 102 Å². The Morgan fingerprint density at radius 3 is 3.00 bits per heavy atom. The van der Waals surface area contributed by atoms with Gasteiger partial charge in [0.1, 0.15) is 0 Å². The molecule has 0 radical (unpaired) electrons. The van der Waals surface area contributed by atoms with E-state index in [1.54, 1.807) is 7.05 Å². The van der Waals surface area contributed by atoms with Gasteiger partial charge in [-0.3, -0.25) is 4.79 Å². The lowest BCUT2D eigenvalue weighted by Crippen LogP contribution is -2.28. The minimum Gasteiger partial charge on any atom is -0.398 e. The lowest BCUT2D eigenvalue weighted by atomic mass is 10.1. The number of hydrogen-bond acceptors (Lipinski definition) is 3. The van der Waals surface area contributed by atoms with Crippen molar-refractivity contribution in [1.29, 1.82) is 0 Å². The number of nitrogen functional groups attached to an aromatic ring is 1. The monoisotopic (exact) mass is 233 g/mol. The third-order valence-electron chi connectivity index (χ3n) is 3.35. The Bertz CT molecular complexity index is 443. The van der Waals surface area contributed by atoms with Crippen LogP contribution in [0.25, 0.3) is 0 Å². The predicted molar refractivity (Wildman–Crippen MR) is 70.2 cm³/mol. The molecule has 2 rings (SSSR count). The topological polar surface area (TPSA) is 58.4 Å². The van der Waals surface area contributed by atoms with Gasteiger partial charge in [-0.05, 0) is 30.5 Å². The molecule has 17 heavy (non-hydrogen) atoms. The van der Waals surface area contributed by atoms with Crippen LogP contribution in [0.15, 0.2) is 12.1 Å². The average molecular weight is 233 g/mol. The maximum atomic E-state index is 11.2. The first-order valence-corrected chi connectivity index (χ1v) is 5.96. The van der Waals surface area contributed by atoms with Gasteiger partial charge in [0, 0.05) is 37.9 Å². The van der Waals surface area contributed by atoms with Gasteiger partial charge in [0.2, 0.25) is 5.91 Å². The molecule has 3 N–H and O–H groups in total. The summed E-state index contributed by atoms with van der Waals surface area (Å²) >= 11 is 0. The quantitative estimate of drug-likeness (QED) is 0.768. The minimum absolute atomic E-state index is 0.0820. The Morgan fingerprint density at radius 2 is 2.29 bits per heavy atom. The van der Waals surface area contributed by atoms with Gasteiger partial charge in [-0.15, -0.1) is 0 Å². The van der Waals surface area contributed by atoms with Crippen molar-refractivity contribution in [2.45, 2.75) is 19.8 Å². The van der Waals surface area contributed by atoms with Crippen LogP contribution < -0.4 is 16.0 Å². The highest BCUT2D eigenvalue weighted by Crippen LogP contribution is 2.31. The van der Waals surface area contributed by atoms with E-state index in [9.17, 15) is 4.79 Å². The fraction of sp³-hybridized carbons (Fsp3) is 0.462. The van der Waals surface area contributed by atoms with E-state index in [1.165, 1.54) is 11.3 Å². The standard InChI is InChI=1S/C13H19N3O/c1-9-7-10-3-5-16(6-4-13(17)15-2)12(10)8-11(9)14/h7-8H,3-6,14H2,1-2H3,(H,15,17). The first-order valence-electron chi connectivity index (χ1n) is 5.96. The first kappa shape index (κ1) is 11.8. The molecule has 0 bridgehead atoms. The maximum absolute atomic E-state index is 11.2. The molecule has 1 aliphatic heterocycles. The van der Waals surface area contributed by atoms with Gasteiger partial charge in [0.25, 0.3) is 0 Å². The molecule has 0 aliphatic carbocycles. The summed E-state index contributed by atoms with van der Waals surface area (Å²) in [6, 6.07) is 4.19. The van der Waals surface area contributed by atoms with Gasteiger partial charge in [-0.2, -0.15) is 0 Å². The Morgan fingerprint density at radius 1 is 1.53 bits per heavy atom. The number of aryl methyl sites for hydroxylation is 1. The van der Waals surface area contributed by atoms with Crippen molar-refractivity contribution in [2.24, 2.45) is 0 Å². The highest BCUT2D eigenvalue weighted by molar-refractivity contribution is 5.76. The summed E-state index contributed by atoms with van der Waals surface area (Å²) in [7, 11) is 1.67. The van der Waals surface area contributed by atoms with Gasteiger partial charge in [0.05, 0.1) is 0 Å². The largest absolute Gasteiger partial charge is 0.398 e. The van der Waals surface area contributed by atoms with Crippen molar-refractivity contribution in [2.75, 3.05) is 30.8 Å². The van der Waals surface area contributed by atoms with Crippen molar-refractivity contribution in [3.8, 4) is 0 Å². The molecule has 1 aromatic rings. The second-order valence-electron chi connectivity index (χ2n) is 4.50. The molecule has 0 saturated carbocycles. The van der Waals surface area contributed by atoms with Crippen LogP contribution in [-0.4, -0.2) is 26.0 Å². The van der Waals surface area contributed by atoms with E-state index in [-0.39, 0.29) is 5.91 Å².